The molecule has 1 aromatic carbocycles. The van der Waals surface area contributed by atoms with Crippen LogP contribution in [-0.2, 0) is 20.7 Å². The van der Waals surface area contributed by atoms with Gasteiger partial charge < -0.3 is 14.7 Å². The number of carbonyl (C=O) groups excluding carboxylic acids is 1. The average Bonchev–Trinajstić information content (AvgIpc) is 2.54. The highest BCUT2D eigenvalue weighted by Crippen LogP contribution is 2.32. The number of rotatable bonds is 2. The Kier molecular flexibility index (Phi) is 3.92. The molecule has 5 heteroatoms. The zero-order valence-electron chi connectivity index (χ0n) is 11.8. The summed E-state index contributed by atoms with van der Waals surface area (Å²) in [5.74, 6) is -1.38. The molecule has 5 nitrogen and oxygen atoms in total. The first-order chi connectivity index (χ1) is 10.2. The van der Waals surface area contributed by atoms with E-state index in [1.807, 2.05) is 24.3 Å². The van der Waals surface area contributed by atoms with Crippen molar-refractivity contribution in [2.24, 2.45) is 11.8 Å². The molecule has 1 fully saturated rings. The third kappa shape index (κ3) is 2.78. The molecule has 0 aromatic heterocycles. The van der Waals surface area contributed by atoms with Crippen LogP contribution in [0.2, 0.25) is 0 Å². The number of anilines is 1. The SMILES string of the molecule is O=C(O)C1Cc2ccccc2N(C(=O)C2CCOCC2)C1. The van der Waals surface area contributed by atoms with E-state index < -0.39 is 11.9 Å². The smallest absolute Gasteiger partial charge is 0.308 e. The molecule has 1 N–H and O–H groups in total. The molecule has 0 aliphatic carbocycles. The van der Waals surface area contributed by atoms with E-state index in [9.17, 15) is 14.7 Å². The maximum absolute atomic E-state index is 12.8. The summed E-state index contributed by atoms with van der Waals surface area (Å²) in [6.07, 6.45) is 1.92. The van der Waals surface area contributed by atoms with Gasteiger partial charge in [-0.25, -0.2) is 0 Å². The summed E-state index contributed by atoms with van der Waals surface area (Å²) in [7, 11) is 0. The van der Waals surface area contributed by atoms with Crippen LogP contribution in [0.25, 0.3) is 0 Å². The highest BCUT2D eigenvalue weighted by atomic mass is 16.5. The van der Waals surface area contributed by atoms with E-state index in [-0.39, 0.29) is 18.4 Å². The van der Waals surface area contributed by atoms with Crippen LogP contribution in [0.1, 0.15) is 18.4 Å². The standard InChI is InChI=1S/C16H19NO4/c18-15(11-5-7-21-8-6-11)17-10-13(16(19)20)9-12-3-1-2-4-14(12)17/h1-4,11,13H,5-10H2,(H,19,20). The second-order valence-corrected chi connectivity index (χ2v) is 5.70. The number of hydrogen-bond donors (Lipinski definition) is 1. The second-order valence-electron chi connectivity index (χ2n) is 5.70. The van der Waals surface area contributed by atoms with E-state index in [1.54, 1.807) is 4.90 Å². The molecule has 0 saturated carbocycles. The molecule has 112 valence electrons. The first kappa shape index (κ1) is 14.1. The molecule has 1 aromatic rings. The molecule has 2 heterocycles. The van der Waals surface area contributed by atoms with Crippen LogP contribution in [-0.4, -0.2) is 36.7 Å². The normalized spacial score (nSPS) is 22.7. The summed E-state index contributed by atoms with van der Waals surface area (Å²) in [5, 5.41) is 9.32. The predicted octanol–water partition coefficient (Wildman–Crippen LogP) is 1.70. The monoisotopic (exact) mass is 289 g/mol. The Balaban J connectivity index is 1.88. The van der Waals surface area contributed by atoms with Crippen LogP contribution in [0.4, 0.5) is 5.69 Å². The molecule has 0 radical (unpaired) electrons. The fraction of sp³-hybridized carbons (Fsp3) is 0.500. The first-order valence-electron chi connectivity index (χ1n) is 7.36. The quantitative estimate of drug-likeness (QED) is 0.900. The lowest BCUT2D eigenvalue weighted by molar-refractivity contribution is -0.141. The lowest BCUT2D eigenvalue weighted by atomic mass is 9.90. The van der Waals surface area contributed by atoms with Crippen LogP contribution in [0.15, 0.2) is 24.3 Å². The number of aliphatic carboxylic acids is 1. The van der Waals surface area contributed by atoms with Crippen molar-refractivity contribution in [1.29, 1.82) is 0 Å². The van der Waals surface area contributed by atoms with Crippen LogP contribution in [0, 0.1) is 11.8 Å². The van der Waals surface area contributed by atoms with Gasteiger partial charge in [0.25, 0.3) is 0 Å². The van der Waals surface area contributed by atoms with E-state index >= 15 is 0 Å². The third-order valence-electron chi connectivity index (χ3n) is 4.34. The predicted molar refractivity (Wildman–Crippen MR) is 77.2 cm³/mol. The van der Waals surface area contributed by atoms with Crippen LogP contribution >= 0.6 is 0 Å². The van der Waals surface area contributed by atoms with Gasteiger partial charge in [-0.1, -0.05) is 18.2 Å². The number of carbonyl (C=O) groups is 2. The van der Waals surface area contributed by atoms with Crippen LogP contribution in [0.5, 0.6) is 0 Å². The summed E-state index contributed by atoms with van der Waals surface area (Å²) in [5.41, 5.74) is 1.81. The molecular weight excluding hydrogens is 270 g/mol. The van der Waals surface area contributed by atoms with Crippen molar-refractivity contribution in [2.75, 3.05) is 24.7 Å². The molecule has 2 aliphatic rings. The van der Waals surface area contributed by atoms with E-state index in [4.69, 9.17) is 4.74 Å². The number of nitrogens with zero attached hydrogens (tertiary/aromatic N) is 1. The van der Waals surface area contributed by atoms with Gasteiger partial charge in [0.15, 0.2) is 0 Å². The van der Waals surface area contributed by atoms with Gasteiger partial charge in [0.05, 0.1) is 5.92 Å². The van der Waals surface area contributed by atoms with Crippen molar-refractivity contribution in [3.05, 3.63) is 29.8 Å². The Morgan fingerprint density at radius 3 is 2.57 bits per heavy atom. The van der Waals surface area contributed by atoms with E-state index in [2.05, 4.69) is 0 Å². The Labute approximate surface area is 123 Å². The van der Waals surface area contributed by atoms with Gasteiger partial charge >= 0.3 is 5.97 Å². The molecule has 1 saturated heterocycles. The second kappa shape index (κ2) is 5.85. The summed E-state index contributed by atoms with van der Waals surface area (Å²) in [6, 6.07) is 7.60. The molecule has 3 rings (SSSR count). The molecule has 21 heavy (non-hydrogen) atoms. The number of fused-ring (bicyclic) bond motifs is 1. The van der Waals surface area contributed by atoms with Gasteiger partial charge in [-0.15, -0.1) is 0 Å². The molecule has 1 atom stereocenters. The number of carboxylic acids is 1. The number of hydrogen-bond acceptors (Lipinski definition) is 3. The van der Waals surface area contributed by atoms with Crippen molar-refractivity contribution in [3.63, 3.8) is 0 Å². The summed E-state index contributed by atoms with van der Waals surface area (Å²) < 4.78 is 5.30. The number of para-hydroxylation sites is 1. The molecule has 1 amide bonds. The van der Waals surface area contributed by atoms with Crippen LogP contribution in [0.3, 0.4) is 0 Å². The zero-order valence-corrected chi connectivity index (χ0v) is 11.8. The van der Waals surface area contributed by atoms with Gasteiger partial charge in [-0.2, -0.15) is 0 Å². The fourth-order valence-corrected chi connectivity index (χ4v) is 3.13. The molecule has 0 spiro atoms. The Bertz CT molecular complexity index is 551. The highest BCUT2D eigenvalue weighted by molar-refractivity contribution is 5.97. The number of amides is 1. The molecule has 0 bridgehead atoms. The van der Waals surface area contributed by atoms with Gasteiger partial charge in [0, 0.05) is 31.4 Å². The average molecular weight is 289 g/mol. The van der Waals surface area contributed by atoms with Gasteiger partial charge in [-0.3, -0.25) is 9.59 Å². The van der Waals surface area contributed by atoms with Gasteiger partial charge in [0.2, 0.25) is 5.91 Å². The molecular formula is C16H19NO4. The number of ether oxygens (including phenoxy) is 1. The Morgan fingerprint density at radius 1 is 1.14 bits per heavy atom. The van der Waals surface area contributed by atoms with E-state index in [0.717, 1.165) is 24.1 Å². The van der Waals surface area contributed by atoms with Crippen molar-refractivity contribution >= 4 is 17.6 Å². The summed E-state index contributed by atoms with van der Waals surface area (Å²) in [4.78, 5) is 25.8. The number of carboxylic acid groups (broad SMARTS) is 1. The highest BCUT2D eigenvalue weighted by Gasteiger charge is 2.35. The van der Waals surface area contributed by atoms with Crippen molar-refractivity contribution in [3.8, 4) is 0 Å². The number of benzene rings is 1. The summed E-state index contributed by atoms with van der Waals surface area (Å²) >= 11 is 0. The van der Waals surface area contributed by atoms with Crippen molar-refractivity contribution < 1.29 is 19.4 Å². The summed E-state index contributed by atoms with van der Waals surface area (Å²) in [6.45, 7) is 1.48. The van der Waals surface area contributed by atoms with E-state index in [1.165, 1.54) is 0 Å². The minimum absolute atomic E-state index is 0.0386. The first-order valence-corrected chi connectivity index (χ1v) is 7.36. The van der Waals surface area contributed by atoms with Gasteiger partial charge in [0.1, 0.15) is 0 Å². The van der Waals surface area contributed by atoms with Crippen molar-refractivity contribution in [2.45, 2.75) is 19.3 Å². The molecule has 1 unspecified atom stereocenters. The topological polar surface area (TPSA) is 66.8 Å². The Morgan fingerprint density at radius 2 is 1.86 bits per heavy atom. The maximum Gasteiger partial charge on any atom is 0.308 e. The third-order valence-corrected chi connectivity index (χ3v) is 4.34. The van der Waals surface area contributed by atoms with E-state index in [0.29, 0.717) is 19.6 Å². The van der Waals surface area contributed by atoms with Crippen molar-refractivity contribution in [1.82, 2.24) is 0 Å². The van der Waals surface area contributed by atoms with Gasteiger partial charge in [-0.05, 0) is 30.9 Å². The minimum Gasteiger partial charge on any atom is -0.481 e. The Hall–Kier alpha value is -1.88. The van der Waals surface area contributed by atoms with Crippen LogP contribution < -0.4 is 4.90 Å². The zero-order chi connectivity index (χ0) is 14.8. The lowest BCUT2D eigenvalue weighted by Gasteiger charge is -2.36. The fourth-order valence-electron chi connectivity index (χ4n) is 3.13. The lowest BCUT2D eigenvalue weighted by Crippen LogP contribution is -2.46. The largest absolute Gasteiger partial charge is 0.481 e. The maximum atomic E-state index is 12.8. The minimum atomic E-state index is -0.839. The molecule has 2 aliphatic heterocycles.